The fourth-order valence-electron chi connectivity index (χ4n) is 2.39. The monoisotopic (exact) mass is 229 g/mol. The molecule has 16 heavy (non-hydrogen) atoms. The van der Waals surface area contributed by atoms with Gasteiger partial charge in [-0.3, -0.25) is 14.4 Å². The normalized spacial score (nSPS) is 18.3. The number of nitrogens with one attached hydrogen (secondary N) is 1. The molecule has 0 spiro atoms. The highest BCUT2D eigenvalue weighted by atomic mass is 16.6. The molecule has 0 heterocycles. The van der Waals surface area contributed by atoms with Gasteiger partial charge in [0.1, 0.15) is 0 Å². The second kappa shape index (κ2) is 5.84. The Bertz CT molecular complexity index is 259. The number of aliphatic carboxylic acids is 1. The Kier molecular flexibility index (Phi) is 4.73. The van der Waals surface area contributed by atoms with Crippen molar-refractivity contribution in [2.75, 3.05) is 6.61 Å². The molecule has 0 aromatic heterocycles. The second-order valence-corrected chi connectivity index (χ2v) is 4.41. The maximum absolute atomic E-state index is 11.5. The molecule has 0 radical (unpaired) electrons. The molecule has 1 saturated carbocycles. The van der Waals surface area contributed by atoms with Crippen LogP contribution in [0.5, 0.6) is 0 Å². The molecule has 1 aliphatic carbocycles. The predicted octanol–water partition coefficient (Wildman–Crippen LogP) is 1.48. The quantitative estimate of drug-likeness (QED) is 0.676. The van der Waals surface area contributed by atoms with Crippen molar-refractivity contribution in [1.29, 1.82) is 0 Å². The number of hydrogen-bond donors (Lipinski definition) is 2. The molecule has 0 aliphatic heterocycles. The van der Waals surface area contributed by atoms with E-state index in [1.807, 2.05) is 0 Å². The first-order valence-corrected chi connectivity index (χ1v) is 5.70. The largest absolute Gasteiger partial charge is 0.481 e. The summed E-state index contributed by atoms with van der Waals surface area (Å²) in [6.45, 7) is 2.19. The average molecular weight is 229 g/mol. The Hall–Kier alpha value is -1.10. The summed E-state index contributed by atoms with van der Waals surface area (Å²) in [6, 6.07) is 0. The molecule has 0 atom stereocenters. The average Bonchev–Trinajstić information content (AvgIpc) is 2.62. The highest BCUT2D eigenvalue weighted by Crippen LogP contribution is 2.43. The van der Waals surface area contributed by atoms with Gasteiger partial charge in [0.2, 0.25) is 5.91 Å². The SMILES string of the molecule is CCONC(=O)CC1(CC(=O)O)CCCC1. The lowest BCUT2D eigenvalue weighted by Crippen LogP contribution is -2.32. The van der Waals surface area contributed by atoms with Crippen LogP contribution >= 0.6 is 0 Å². The van der Waals surface area contributed by atoms with E-state index >= 15 is 0 Å². The van der Waals surface area contributed by atoms with Gasteiger partial charge < -0.3 is 5.11 Å². The zero-order valence-corrected chi connectivity index (χ0v) is 9.62. The minimum atomic E-state index is -0.828. The van der Waals surface area contributed by atoms with Crippen molar-refractivity contribution in [3.05, 3.63) is 0 Å². The molecule has 0 unspecified atom stereocenters. The maximum atomic E-state index is 11.5. The summed E-state index contributed by atoms with van der Waals surface area (Å²) in [4.78, 5) is 27.1. The molecule has 92 valence electrons. The van der Waals surface area contributed by atoms with Crippen LogP contribution in [0.1, 0.15) is 45.4 Å². The molecule has 0 bridgehead atoms. The Morgan fingerprint density at radius 2 is 1.94 bits per heavy atom. The summed E-state index contributed by atoms with van der Waals surface area (Å²) in [5.74, 6) is -1.05. The van der Waals surface area contributed by atoms with Crippen molar-refractivity contribution in [1.82, 2.24) is 5.48 Å². The number of carbonyl (C=O) groups excluding carboxylic acids is 1. The van der Waals surface area contributed by atoms with Gasteiger partial charge in [0, 0.05) is 6.42 Å². The van der Waals surface area contributed by atoms with Crippen LogP contribution in [0.15, 0.2) is 0 Å². The van der Waals surface area contributed by atoms with Crippen LogP contribution in [0.25, 0.3) is 0 Å². The van der Waals surface area contributed by atoms with Crippen molar-refractivity contribution >= 4 is 11.9 Å². The lowest BCUT2D eigenvalue weighted by Gasteiger charge is -2.25. The van der Waals surface area contributed by atoms with Gasteiger partial charge in [0.15, 0.2) is 0 Å². The van der Waals surface area contributed by atoms with E-state index < -0.39 is 5.97 Å². The van der Waals surface area contributed by atoms with E-state index in [1.165, 1.54) is 0 Å². The number of amides is 1. The fraction of sp³-hybridized carbons (Fsp3) is 0.818. The van der Waals surface area contributed by atoms with E-state index in [-0.39, 0.29) is 24.2 Å². The third-order valence-electron chi connectivity index (χ3n) is 3.06. The molecule has 1 fully saturated rings. The highest BCUT2D eigenvalue weighted by Gasteiger charge is 2.37. The molecular formula is C11H19NO4. The Balaban J connectivity index is 2.50. The van der Waals surface area contributed by atoms with Crippen molar-refractivity contribution in [2.24, 2.45) is 5.41 Å². The van der Waals surface area contributed by atoms with Crippen LogP contribution in [-0.4, -0.2) is 23.6 Å². The van der Waals surface area contributed by atoms with Crippen LogP contribution in [-0.2, 0) is 14.4 Å². The molecule has 1 aliphatic rings. The molecule has 1 amide bonds. The Labute approximate surface area is 95.1 Å². The molecule has 0 aromatic carbocycles. The highest BCUT2D eigenvalue weighted by molar-refractivity contribution is 5.77. The summed E-state index contributed by atoms with van der Waals surface area (Å²) < 4.78 is 0. The van der Waals surface area contributed by atoms with Gasteiger partial charge in [0.05, 0.1) is 13.0 Å². The summed E-state index contributed by atoms with van der Waals surface area (Å²) >= 11 is 0. The first-order valence-electron chi connectivity index (χ1n) is 5.70. The molecule has 2 N–H and O–H groups in total. The molecule has 5 nitrogen and oxygen atoms in total. The number of carboxylic acids is 1. The van der Waals surface area contributed by atoms with Gasteiger partial charge in [-0.15, -0.1) is 0 Å². The van der Waals surface area contributed by atoms with E-state index in [9.17, 15) is 9.59 Å². The first-order chi connectivity index (χ1) is 7.58. The zero-order chi connectivity index (χ0) is 12.0. The summed E-state index contributed by atoms with van der Waals surface area (Å²) in [5, 5.41) is 8.87. The van der Waals surface area contributed by atoms with E-state index in [1.54, 1.807) is 6.92 Å². The number of carbonyl (C=O) groups is 2. The van der Waals surface area contributed by atoms with Crippen molar-refractivity contribution < 1.29 is 19.5 Å². The molecule has 5 heteroatoms. The van der Waals surface area contributed by atoms with Crippen LogP contribution in [0.4, 0.5) is 0 Å². The molecular weight excluding hydrogens is 210 g/mol. The standard InChI is InChI=1S/C11H19NO4/c1-2-16-12-9(13)7-11(8-10(14)15)5-3-4-6-11/h2-8H2,1H3,(H,12,13)(H,14,15). The van der Waals surface area contributed by atoms with Crippen LogP contribution < -0.4 is 5.48 Å². The second-order valence-electron chi connectivity index (χ2n) is 4.41. The number of carboxylic acid groups (broad SMARTS) is 1. The molecule has 1 rings (SSSR count). The number of hydrogen-bond acceptors (Lipinski definition) is 3. The van der Waals surface area contributed by atoms with Gasteiger partial charge in [-0.05, 0) is 25.2 Å². The Morgan fingerprint density at radius 3 is 2.44 bits per heavy atom. The van der Waals surface area contributed by atoms with E-state index in [0.717, 1.165) is 25.7 Å². The van der Waals surface area contributed by atoms with Gasteiger partial charge in [-0.2, -0.15) is 0 Å². The van der Waals surface area contributed by atoms with Crippen LogP contribution in [0.2, 0.25) is 0 Å². The fourth-order valence-corrected chi connectivity index (χ4v) is 2.39. The lowest BCUT2D eigenvalue weighted by atomic mass is 9.79. The van der Waals surface area contributed by atoms with Crippen molar-refractivity contribution in [3.8, 4) is 0 Å². The topological polar surface area (TPSA) is 75.6 Å². The van der Waals surface area contributed by atoms with E-state index in [0.29, 0.717) is 6.61 Å². The zero-order valence-electron chi connectivity index (χ0n) is 9.62. The number of hydroxylamine groups is 1. The molecule has 0 aromatic rings. The van der Waals surface area contributed by atoms with Crippen LogP contribution in [0, 0.1) is 5.41 Å². The summed E-state index contributed by atoms with van der Waals surface area (Å²) in [5.41, 5.74) is 1.97. The van der Waals surface area contributed by atoms with E-state index in [4.69, 9.17) is 9.94 Å². The summed E-state index contributed by atoms with van der Waals surface area (Å²) in [7, 11) is 0. The van der Waals surface area contributed by atoms with Gasteiger partial charge in [-0.1, -0.05) is 12.8 Å². The Morgan fingerprint density at radius 1 is 1.31 bits per heavy atom. The van der Waals surface area contributed by atoms with Gasteiger partial charge in [-0.25, -0.2) is 5.48 Å². The van der Waals surface area contributed by atoms with Crippen LogP contribution in [0.3, 0.4) is 0 Å². The maximum Gasteiger partial charge on any atom is 0.303 e. The minimum absolute atomic E-state index is 0.0759. The minimum Gasteiger partial charge on any atom is -0.481 e. The van der Waals surface area contributed by atoms with Gasteiger partial charge >= 0.3 is 5.97 Å². The third-order valence-corrected chi connectivity index (χ3v) is 3.06. The lowest BCUT2D eigenvalue weighted by molar-refractivity contribution is -0.142. The number of rotatable bonds is 6. The smallest absolute Gasteiger partial charge is 0.303 e. The third kappa shape index (κ3) is 3.81. The predicted molar refractivity (Wildman–Crippen MR) is 57.5 cm³/mol. The van der Waals surface area contributed by atoms with E-state index in [2.05, 4.69) is 5.48 Å². The van der Waals surface area contributed by atoms with Crippen molar-refractivity contribution in [2.45, 2.75) is 45.4 Å². The molecule has 0 saturated heterocycles. The summed E-state index contributed by atoms with van der Waals surface area (Å²) in [6.07, 6.45) is 3.98. The first kappa shape index (κ1) is 13.0. The van der Waals surface area contributed by atoms with Gasteiger partial charge in [0.25, 0.3) is 0 Å². The van der Waals surface area contributed by atoms with Crippen molar-refractivity contribution in [3.63, 3.8) is 0 Å².